The van der Waals surface area contributed by atoms with Crippen molar-refractivity contribution in [2.24, 2.45) is 0 Å². The highest BCUT2D eigenvalue weighted by Crippen LogP contribution is 2.40. The van der Waals surface area contributed by atoms with E-state index in [9.17, 15) is 4.79 Å². The Kier molecular flexibility index (Phi) is 6.32. The summed E-state index contributed by atoms with van der Waals surface area (Å²) in [6.45, 7) is 2.49. The number of aryl methyl sites for hydroxylation is 1. The van der Waals surface area contributed by atoms with Crippen LogP contribution in [-0.4, -0.2) is 39.2 Å². The zero-order valence-corrected chi connectivity index (χ0v) is 17.6. The van der Waals surface area contributed by atoms with Gasteiger partial charge in [0.2, 0.25) is 11.7 Å². The van der Waals surface area contributed by atoms with Gasteiger partial charge >= 0.3 is 0 Å². The fraction of sp³-hybridized carbons (Fsp3) is 0.348. The van der Waals surface area contributed by atoms with Gasteiger partial charge in [0.05, 0.1) is 34.0 Å². The predicted octanol–water partition coefficient (Wildman–Crippen LogP) is 4.22. The lowest BCUT2D eigenvalue weighted by atomic mass is 10.1. The minimum atomic E-state index is -0.0101. The summed E-state index contributed by atoms with van der Waals surface area (Å²) in [6.07, 6.45) is 2.89. The fourth-order valence-corrected chi connectivity index (χ4v) is 3.41. The molecule has 0 saturated carbocycles. The molecule has 0 bridgehead atoms. The molecule has 0 radical (unpaired) electrons. The van der Waals surface area contributed by atoms with Crippen molar-refractivity contribution in [3.05, 3.63) is 53.3 Å². The highest BCUT2D eigenvalue weighted by atomic mass is 16.5. The number of furan rings is 1. The lowest BCUT2D eigenvalue weighted by Crippen LogP contribution is -2.27. The Labute approximate surface area is 171 Å². The number of hydrogen-bond donors (Lipinski definition) is 0. The number of ether oxygens (including phenoxy) is 3. The van der Waals surface area contributed by atoms with Crippen LogP contribution >= 0.6 is 0 Å². The predicted molar refractivity (Wildman–Crippen MR) is 112 cm³/mol. The average molecular weight is 397 g/mol. The van der Waals surface area contributed by atoms with Crippen LogP contribution in [0.15, 0.2) is 41.0 Å². The maximum Gasteiger partial charge on any atom is 0.227 e. The molecule has 29 heavy (non-hydrogen) atoms. The van der Waals surface area contributed by atoms with Crippen LogP contribution in [0, 0.1) is 0 Å². The van der Waals surface area contributed by atoms with Crippen LogP contribution in [0.2, 0.25) is 0 Å². The molecule has 0 saturated heterocycles. The Bertz CT molecular complexity index is 1010. The van der Waals surface area contributed by atoms with Crippen LogP contribution in [0.1, 0.15) is 23.6 Å². The molecule has 0 spiro atoms. The number of fused-ring (bicyclic) bond motifs is 1. The monoisotopic (exact) mass is 397 g/mol. The Morgan fingerprint density at radius 1 is 1.00 bits per heavy atom. The molecule has 0 atom stereocenters. The summed E-state index contributed by atoms with van der Waals surface area (Å²) in [5.74, 6) is 1.65. The number of benzene rings is 2. The van der Waals surface area contributed by atoms with Crippen molar-refractivity contribution in [3.8, 4) is 17.2 Å². The Morgan fingerprint density at radius 3 is 2.41 bits per heavy atom. The molecule has 1 aromatic heterocycles. The van der Waals surface area contributed by atoms with E-state index in [4.69, 9.17) is 18.6 Å². The third kappa shape index (κ3) is 4.16. The van der Waals surface area contributed by atoms with Crippen molar-refractivity contribution in [2.45, 2.75) is 26.3 Å². The Balaban J connectivity index is 1.78. The summed E-state index contributed by atoms with van der Waals surface area (Å²) in [4.78, 5) is 14.5. The number of amides is 1. The quantitative estimate of drug-likeness (QED) is 0.569. The summed E-state index contributed by atoms with van der Waals surface area (Å²) in [7, 11) is 6.49. The van der Waals surface area contributed by atoms with Gasteiger partial charge in [0.25, 0.3) is 0 Å². The molecule has 0 unspecified atom stereocenters. The third-order valence-electron chi connectivity index (χ3n) is 5.09. The van der Waals surface area contributed by atoms with Gasteiger partial charge in [0, 0.05) is 30.1 Å². The van der Waals surface area contributed by atoms with E-state index in [0.717, 1.165) is 28.5 Å². The molecule has 2 aromatic carbocycles. The van der Waals surface area contributed by atoms with Crippen molar-refractivity contribution >= 4 is 16.9 Å². The summed E-state index contributed by atoms with van der Waals surface area (Å²) in [6, 6.07) is 9.82. The molecule has 1 heterocycles. The maximum atomic E-state index is 12.8. The van der Waals surface area contributed by atoms with Crippen LogP contribution in [-0.2, 0) is 24.2 Å². The van der Waals surface area contributed by atoms with E-state index in [2.05, 4.69) is 13.0 Å². The Morgan fingerprint density at radius 2 is 1.76 bits per heavy atom. The Hall–Kier alpha value is -3.15. The molecular formula is C23H27NO5. The molecule has 1 amide bonds. The molecule has 0 fully saturated rings. The zero-order valence-electron chi connectivity index (χ0n) is 17.6. The maximum absolute atomic E-state index is 12.8. The van der Waals surface area contributed by atoms with E-state index in [1.165, 1.54) is 5.56 Å². The number of hydrogen-bond acceptors (Lipinski definition) is 5. The number of nitrogens with zero attached hydrogens (tertiary/aromatic N) is 1. The van der Waals surface area contributed by atoms with Crippen LogP contribution in [0.3, 0.4) is 0 Å². The number of methoxy groups -OCH3 is 3. The molecule has 0 aliphatic heterocycles. The van der Waals surface area contributed by atoms with Crippen molar-refractivity contribution in [1.82, 2.24) is 4.90 Å². The molecule has 3 rings (SSSR count). The van der Waals surface area contributed by atoms with Gasteiger partial charge < -0.3 is 23.5 Å². The van der Waals surface area contributed by atoms with Gasteiger partial charge in [-0.15, -0.1) is 0 Å². The average Bonchev–Trinajstić information content (AvgIpc) is 3.14. The highest BCUT2D eigenvalue weighted by Gasteiger charge is 2.20. The minimum Gasteiger partial charge on any atom is -0.493 e. The van der Waals surface area contributed by atoms with Gasteiger partial charge in [-0.25, -0.2) is 0 Å². The van der Waals surface area contributed by atoms with Crippen molar-refractivity contribution in [1.29, 1.82) is 0 Å². The van der Waals surface area contributed by atoms with Crippen molar-refractivity contribution in [3.63, 3.8) is 0 Å². The first-order valence-electron chi connectivity index (χ1n) is 9.53. The summed E-state index contributed by atoms with van der Waals surface area (Å²) in [5.41, 5.74) is 3.75. The molecule has 6 nitrogen and oxygen atoms in total. The van der Waals surface area contributed by atoms with Crippen LogP contribution in [0.5, 0.6) is 17.2 Å². The number of likely N-dealkylation sites (N-methyl/N-ethyl adjacent to an activating group) is 1. The third-order valence-corrected chi connectivity index (χ3v) is 5.09. The molecular weight excluding hydrogens is 370 g/mol. The normalized spacial score (nSPS) is 10.8. The minimum absolute atomic E-state index is 0.0101. The lowest BCUT2D eigenvalue weighted by molar-refractivity contribution is -0.129. The van der Waals surface area contributed by atoms with Gasteiger partial charge in [-0.2, -0.15) is 0 Å². The van der Waals surface area contributed by atoms with E-state index in [-0.39, 0.29) is 12.3 Å². The van der Waals surface area contributed by atoms with E-state index in [0.29, 0.717) is 23.8 Å². The van der Waals surface area contributed by atoms with Crippen LogP contribution in [0.25, 0.3) is 11.0 Å². The van der Waals surface area contributed by atoms with Crippen LogP contribution in [0.4, 0.5) is 0 Å². The zero-order chi connectivity index (χ0) is 21.0. The standard InChI is InChI=1S/C23H27NO5/c1-6-15-7-9-18-17(14-29-20(18)11-15)12-21(25)24(2)13-16-8-10-19(26-3)23(28-5)22(16)27-4/h7-11,14H,6,12-13H2,1-5H3. The largest absolute Gasteiger partial charge is 0.493 e. The topological polar surface area (TPSA) is 61.1 Å². The molecule has 154 valence electrons. The number of carbonyl (C=O) groups is 1. The molecule has 0 aliphatic carbocycles. The van der Waals surface area contributed by atoms with E-state index < -0.39 is 0 Å². The van der Waals surface area contributed by atoms with Gasteiger partial charge in [0.1, 0.15) is 5.58 Å². The summed E-state index contributed by atoms with van der Waals surface area (Å²) >= 11 is 0. The van der Waals surface area contributed by atoms with Gasteiger partial charge in [-0.1, -0.05) is 19.1 Å². The smallest absolute Gasteiger partial charge is 0.227 e. The second-order valence-electron chi connectivity index (χ2n) is 6.87. The highest BCUT2D eigenvalue weighted by molar-refractivity contribution is 5.88. The second kappa shape index (κ2) is 8.90. The lowest BCUT2D eigenvalue weighted by Gasteiger charge is -2.21. The first kappa shape index (κ1) is 20.6. The van der Waals surface area contributed by atoms with E-state index in [1.54, 1.807) is 39.5 Å². The SMILES string of the molecule is CCc1ccc2c(CC(=O)N(C)Cc3ccc(OC)c(OC)c3OC)coc2c1. The molecule has 0 aliphatic rings. The summed E-state index contributed by atoms with van der Waals surface area (Å²) < 4.78 is 21.9. The fourth-order valence-electron chi connectivity index (χ4n) is 3.41. The molecule has 3 aromatic rings. The van der Waals surface area contributed by atoms with Crippen LogP contribution < -0.4 is 14.2 Å². The van der Waals surface area contributed by atoms with Crippen molar-refractivity contribution in [2.75, 3.05) is 28.4 Å². The van der Waals surface area contributed by atoms with Gasteiger partial charge in [-0.3, -0.25) is 4.79 Å². The van der Waals surface area contributed by atoms with E-state index in [1.807, 2.05) is 24.3 Å². The first-order valence-corrected chi connectivity index (χ1v) is 9.53. The first-order chi connectivity index (χ1) is 14.0. The van der Waals surface area contributed by atoms with Gasteiger partial charge in [0.15, 0.2) is 11.5 Å². The molecule has 6 heteroatoms. The number of rotatable bonds is 8. The van der Waals surface area contributed by atoms with E-state index >= 15 is 0 Å². The molecule has 0 N–H and O–H groups in total. The second-order valence-corrected chi connectivity index (χ2v) is 6.87. The van der Waals surface area contributed by atoms with Crippen molar-refractivity contribution < 1.29 is 23.4 Å². The van der Waals surface area contributed by atoms with Gasteiger partial charge in [-0.05, 0) is 30.2 Å². The number of carbonyl (C=O) groups excluding carboxylic acids is 1. The summed E-state index contributed by atoms with van der Waals surface area (Å²) in [5, 5.41) is 0.979.